The summed E-state index contributed by atoms with van der Waals surface area (Å²) >= 11 is 0. The van der Waals surface area contributed by atoms with Gasteiger partial charge in [-0.1, -0.05) is 6.92 Å². The number of methoxy groups -OCH3 is 1. The first-order chi connectivity index (χ1) is 9.25. The summed E-state index contributed by atoms with van der Waals surface area (Å²) < 4.78 is 10.3. The first-order valence-corrected chi connectivity index (χ1v) is 7.35. The Bertz CT molecular complexity index is 253. The normalized spacial score (nSPS) is 22.6. The zero-order valence-electron chi connectivity index (χ0n) is 12.3. The van der Waals surface area contributed by atoms with Crippen molar-refractivity contribution in [2.75, 3.05) is 40.0 Å². The van der Waals surface area contributed by atoms with Gasteiger partial charge in [-0.3, -0.25) is 4.79 Å². The van der Waals surface area contributed by atoms with Gasteiger partial charge in [0.1, 0.15) is 0 Å². The molecule has 1 fully saturated rings. The molecule has 0 aliphatic carbocycles. The summed E-state index contributed by atoms with van der Waals surface area (Å²) in [6.07, 6.45) is 4.83. The molecule has 0 spiro atoms. The summed E-state index contributed by atoms with van der Waals surface area (Å²) in [4.78, 5) is 12.2. The number of amides is 1. The van der Waals surface area contributed by atoms with E-state index in [4.69, 9.17) is 9.47 Å². The minimum atomic E-state index is -0.311. The molecule has 0 radical (unpaired) electrons. The number of hydrogen-bond donors (Lipinski definition) is 2. The van der Waals surface area contributed by atoms with Crippen LogP contribution in [0.15, 0.2) is 0 Å². The third-order valence-corrected chi connectivity index (χ3v) is 3.71. The van der Waals surface area contributed by atoms with Crippen LogP contribution < -0.4 is 10.6 Å². The van der Waals surface area contributed by atoms with Crippen LogP contribution in [0.5, 0.6) is 0 Å². The van der Waals surface area contributed by atoms with E-state index in [0.717, 1.165) is 51.8 Å². The Morgan fingerprint density at radius 1 is 1.32 bits per heavy atom. The first-order valence-electron chi connectivity index (χ1n) is 7.35. The molecule has 0 aromatic heterocycles. The molecule has 1 amide bonds. The van der Waals surface area contributed by atoms with Gasteiger partial charge in [-0.25, -0.2) is 0 Å². The van der Waals surface area contributed by atoms with E-state index in [1.807, 2.05) is 0 Å². The molecule has 112 valence electrons. The van der Waals surface area contributed by atoms with E-state index in [1.165, 1.54) is 0 Å². The predicted molar refractivity (Wildman–Crippen MR) is 75.2 cm³/mol. The molecule has 1 heterocycles. The van der Waals surface area contributed by atoms with Gasteiger partial charge in [-0.2, -0.15) is 0 Å². The highest BCUT2D eigenvalue weighted by Crippen LogP contribution is 2.22. The third kappa shape index (κ3) is 5.47. The van der Waals surface area contributed by atoms with Gasteiger partial charge < -0.3 is 20.1 Å². The van der Waals surface area contributed by atoms with Crippen molar-refractivity contribution in [1.29, 1.82) is 0 Å². The van der Waals surface area contributed by atoms with Crippen molar-refractivity contribution in [3.8, 4) is 0 Å². The fraction of sp³-hybridized carbons (Fsp3) is 0.929. The largest absolute Gasteiger partial charge is 0.382 e. The molecule has 0 aromatic rings. The zero-order chi connectivity index (χ0) is 14.0. The highest BCUT2D eigenvalue weighted by Gasteiger charge is 2.38. The fourth-order valence-electron chi connectivity index (χ4n) is 2.41. The van der Waals surface area contributed by atoms with Crippen molar-refractivity contribution in [3.05, 3.63) is 0 Å². The summed E-state index contributed by atoms with van der Waals surface area (Å²) in [5, 5.41) is 6.38. The maximum Gasteiger partial charge on any atom is 0.240 e. The maximum absolute atomic E-state index is 12.2. The Balaban J connectivity index is 2.04. The SMILES string of the molecule is CCC1(C(=O)NCCCCOCCOC)CCCN1. The van der Waals surface area contributed by atoms with Gasteiger partial charge in [0.15, 0.2) is 0 Å². The molecule has 1 rings (SSSR count). The summed E-state index contributed by atoms with van der Waals surface area (Å²) in [5.41, 5.74) is -0.311. The summed E-state index contributed by atoms with van der Waals surface area (Å²) in [6.45, 7) is 5.77. The second-order valence-electron chi connectivity index (χ2n) is 5.03. The number of unbranched alkanes of at least 4 members (excludes halogenated alkanes) is 1. The molecule has 1 atom stereocenters. The van der Waals surface area contributed by atoms with Crippen molar-refractivity contribution < 1.29 is 14.3 Å². The highest BCUT2D eigenvalue weighted by atomic mass is 16.5. The fourth-order valence-corrected chi connectivity index (χ4v) is 2.41. The average Bonchev–Trinajstić information content (AvgIpc) is 2.91. The lowest BCUT2D eigenvalue weighted by Gasteiger charge is -2.26. The van der Waals surface area contributed by atoms with Gasteiger partial charge in [0.25, 0.3) is 0 Å². The molecular formula is C14H28N2O3. The summed E-state index contributed by atoms with van der Waals surface area (Å²) in [7, 11) is 1.67. The maximum atomic E-state index is 12.2. The molecule has 2 N–H and O–H groups in total. The van der Waals surface area contributed by atoms with E-state index in [1.54, 1.807) is 7.11 Å². The van der Waals surface area contributed by atoms with Crippen LogP contribution in [-0.4, -0.2) is 51.5 Å². The van der Waals surface area contributed by atoms with Crippen LogP contribution in [0.3, 0.4) is 0 Å². The van der Waals surface area contributed by atoms with Crippen molar-refractivity contribution in [3.63, 3.8) is 0 Å². The van der Waals surface area contributed by atoms with Crippen LogP contribution in [0.25, 0.3) is 0 Å². The number of rotatable bonds is 10. The Hall–Kier alpha value is -0.650. The van der Waals surface area contributed by atoms with Crippen molar-refractivity contribution in [1.82, 2.24) is 10.6 Å². The van der Waals surface area contributed by atoms with E-state index in [0.29, 0.717) is 13.2 Å². The monoisotopic (exact) mass is 272 g/mol. The van der Waals surface area contributed by atoms with E-state index < -0.39 is 0 Å². The lowest BCUT2D eigenvalue weighted by molar-refractivity contribution is -0.127. The number of ether oxygens (including phenoxy) is 2. The second kappa shape index (κ2) is 9.28. The molecule has 1 unspecified atom stereocenters. The van der Waals surface area contributed by atoms with E-state index in [2.05, 4.69) is 17.6 Å². The first kappa shape index (κ1) is 16.4. The van der Waals surface area contributed by atoms with E-state index >= 15 is 0 Å². The molecule has 0 saturated carbocycles. The number of nitrogens with one attached hydrogen (secondary N) is 2. The molecule has 1 saturated heterocycles. The molecule has 0 aromatic carbocycles. The third-order valence-electron chi connectivity index (χ3n) is 3.71. The Labute approximate surface area is 116 Å². The zero-order valence-corrected chi connectivity index (χ0v) is 12.3. The molecule has 1 aliphatic heterocycles. The van der Waals surface area contributed by atoms with Crippen LogP contribution in [0.2, 0.25) is 0 Å². The number of carbonyl (C=O) groups excluding carboxylic acids is 1. The van der Waals surface area contributed by atoms with Crippen molar-refractivity contribution >= 4 is 5.91 Å². The molecule has 1 aliphatic rings. The Kier molecular flexibility index (Phi) is 8.02. The Morgan fingerprint density at radius 3 is 2.79 bits per heavy atom. The van der Waals surface area contributed by atoms with Crippen LogP contribution in [0.1, 0.15) is 39.0 Å². The lowest BCUT2D eigenvalue weighted by atomic mass is 9.93. The van der Waals surface area contributed by atoms with Gasteiger partial charge in [-0.05, 0) is 38.6 Å². The molecule has 5 heteroatoms. The van der Waals surface area contributed by atoms with Crippen LogP contribution in [0, 0.1) is 0 Å². The average molecular weight is 272 g/mol. The van der Waals surface area contributed by atoms with Gasteiger partial charge in [0.2, 0.25) is 5.91 Å². The van der Waals surface area contributed by atoms with E-state index in [9.17, 15) is 4.79 Å². The van der Waals surface area contributed by atoms with Crippen LogP contribution in [-0.2, 0) is 14.3 Å². The highest BCUT2D eigenvalue weighted by molar-refractivity contribution is 5.86. The second-order valence-corrected chi connectivity index (χ2v) is 5.03. The number of hydrogen-bond acceptors (Lipinski definition) is 4. The van der Waals surface area contributed by atoms with Gasteiger partial charge in [-0.15, -0.1) is 0 Å². The molecule has 0 bridgehead atoms. The molecule has 5 nitrogen and oxygen atoms in total. The smallest absolute Gasteiger partial charge is 0.240 e. The topological polar surface area (TPSA) is 59.6 Å². The van der Waals surface area contributed by atoms with Crippen LogP contribution >= 0.6 is 0 Å². The predicted octanol–water partition coefficient (Wildman–Crippen LogP) is 1.08. The van der Waals surface area contributed by atoms with Gasteiger partial charge in [0, 0.05) is 20.3 Å². The van der Waals surface area contributed by atoms with Crippen LogP contribution in [0.4, 0.5) is 0 Å². The molecule has 19 heavy (non-hydrogen) atoms. The minimum absolute atomic E-state index is 0.160. The Morgan fingerprint density at radius 2 is 2.16 bits per heavy atom. The summed E-state index contributed by atoms with van der Waals surface area (Å²) in [6, 6.07) is 0. The van der Waals surface area contributed by atoms with E-state index in [-0.39, 0.29) is 11.4 Å². The summed E-state index contributed by atoms with van der Waals surface area (Å²) in [5.74, 6) is 0.160. The van der Waals surface area contributed by atoms with Gasteiger partial charge in [0.05, 0.1) is 18.8 Å². The minimum Gasteiger partial charge on any atom is -0.382 e. The lowest BCUT2D eigenvalue weighted by Crippen LogP contribution is -2.53. The van der Waals surface area contributed by atoms with Crippen molar-refractivity contribution in [2.24, 2.45) is 0 Å². The quantitative estimate of drug-likeness (QED) is 0.584. The standard InChI is InChI=1S/C14H28N2O3/c1-3-14(7-6-9-16-14)13(17)15-8-4-5-10-19-12-11-18-2/h16H,3-12H2,1-2H3,(H,15,17). The van der Waals surface area contributed by atoms with Crippen molar-refractivity contribution in [2.45, 2.75) is 44.6 Å². The number of carbonyl (C=O) groups is 1. The van der Waals surface area contributed by atoms with Gasteiger partial charge >= 0.3 is 0 Å². The molecular weight excluding hydrogens is 244 g/mol.